The van der Waals surface area contributed by atoms with Crippen LogP contribution in [-0.2, 0) is 0 Å². The maximum Gasteiger partial charge on any atom is 0.0187 e. The molecule has 66 valence electrons. The zero-order valence-corrected chi connectivity index (χ0v) is 7.98. The molecule has 0 fully saturated rings. The van der Waals surface area contributed by atoms with Crippen molar-refractivity contribution >= 4 is 0 Å². The van der Waals surface area contributed by atoms with Crippen molar-refractivity contribution in [3.8, 4) is 0 Å². The van der Waals surface area contributed by atoms with Crippen molar-refractivity contribution < 1.29 is 0 Å². The largest absolute Gasteiger partial charge is 0.318 e. The van der Waals surface area contributed by atoms with E-state index in [4.69, 9.17) is 0 Å². The van der Waals surface area contributed by atoms with Crippen LogP contribution in [0, 0.1) is 0 Å². The summed E-state index contributed by atoms with van der Waals surface area (Å²) in [5, 5.41) is 3.12. The molecule has 0 unspecified atom stereocenters. The van der Waals surface area contributed by atoms with E-state index in [9.17, 15) is 0 Å². The highest BCUT2D eigenvalue weighted by Crippen LogP contribution is 1.97. The molecule has 0 amide bonds. The van der Waals surface area contributed by atoms with Crippen LogP contribution in [0.15, 0.2) is 12.2 Å². The second-order valence-corrected chi connectivity index (χ2v) is 2.94. The molecule has 0 saturated carbocycles. The Morgan fingerprint density at radius 3 is 2.64 bits per heavy atom. The molecule has 0 radical (unpaired) electrons. The van der Waals surface area contributed by atoms with E-state index < -0.39 is 0 Å². The van der Waals surface area contributed by atoms with Crippen LogP contribution in [0.1, 0.15) is 13.3 Å². The van der Waals surface area contributed by atoms with Crippen molar-refractivity contribution in [2.75, 3.05) is 33.7 Å². The van der Waals surface area contributed by atoms with Gasteiger partial charge in [-0.05, 0) is 20.5 Å². The topological polar surface area (TPSA) is 15.3 Å². The van der Waals surface area contributed by atoms with Gasteiger partial charge in [-0.2, -0.15) is 0 Å². The number of rotatable bonds is 6. The van der Waals surface area contributed by atoms with Gasteiger partial charge in [0.15, 0.2) is 0 Å². The van der Waals surface area contributed by atoms with E-state index in [-0.39, 0.29) is 0 Å². The zero-order valence-electron chi connectivity index (χ0n) is 7.98. The van der Waals surface area contributed by atoms with Gasteiger partial charge < -0.3 is 10.2 Å². The van der Waals surface area contributed by atoms with Crippen LogP contribution in [0.4, 0.5) is 0 Å². The van der Waals surface area contributed by atoms with Gasteiger partial charge in [-0.15, -0.1) is 0 Å². The van der Waals surface area contributed by atoms with Crippen LogP contribution in [0.2, 0.25) is 0 Å². The lowest BCUT2D eigenvalue weighted by atomic mass is 10.2. The molecule has 0 spiro atoms. The minimum atomic E-state index is 1.03. The van der Waals surface area contributed by atoms with Crippen molar-refractivity contribution in [2.24, 2.45) is 0 Å². The van der Waals surface area contributed by atoms with Gasteiger partial charge in [0.05, 0.1) is 0 Å². The Hall–Kier alpha value is -0.340. The molecule has 2 nitrogen and oxygen atoms in total. The first-order valence-electron chi connectivity index (χ1n) is 4.20. The molecule has 0 aromatic carbocycles. The molecule has 0 bridgehead atoms. The lowest BCUT2D eigenvalue weighted by molar-refractivity contribution is 0.360. The Kier molecular flexibility index (Phi) is 6.18. The Morgan fingerprint density at radius 1 is 1.55 bits per heavy atom. The summed E-state index contributed by atoms with van der Waals surface area (Å²) in [7, 11) is 4.10. The predicted molar refractivity (Wildman–Crippen MR) is 50.9 cm³/mol. The SMILES string of the molecule is C=C(CC)CN(C)CCNC. The average molecular weight is 156 g/mol. The zero-order chi connectivity index (χ0) is 8.69. The fourth-order valence-electron chi connectivity index (χ4n) is 0.875. The molecule has 0 rings (SSSR count). The smallest absolute Gasteiger partial charge is 0.0187 e. The first-order valence-corrected chi connectivity index (χ1v) is 4.20. The highest BCUT2D eigenvalue weighted by Gasteiger charge is 1.97. The molecule has 0 heterocycles. The van der Waals surface area contributed by atoms with Gasteiger partial charge in [0.2, 0.25) is 0 Å². The fraction of sp³-hybridized carbons (Fsp3) is 0.778. The van der Waals surface area contributed by atoms with Gasteiger partial charge in [-0.3, -0.25) is 0 Å². The van der Waals surface area contributed by atoms with E-state index in [0.29, 0.717) is 0 Å². The van der Waals surface area contributed by atoms with Gasteiger partial charge in [0.1, 0.15) is 0 Å². The molecule has 0 aromatic heterocycles. The van der Waals surface area contributed by atoms with E-state index in [0.717, 1.165) is 26.1 Å². The minimum absolute atomic E-state index is 1.03. The monoisotopic (exact) mass is 156 g/mol. The summed E-state index contributed by atoms with van der Waals surface area (Å²) in [6, 6.07) is 0. The van der Waals surface area contributed by atoms with E-state index in [2.05, 4.69) is 30.8 Å². The van der Waals surface area contributed by atoms with Crippen LogP contribution in [0.5, 0.6) is 0 Å². The number of likely N-dealkylation sites (N-methyl/N-ethyl adjacent to an activating group) is 2. The van der Waals surface area contributed by atoms with E-state index in [1.165, 1.54) is 5.57 Å². The van der Waals surface area contributed by atoms with Crippen molar-refractivity contribution in [1.82, 2.24) is 10.2 Å². The summed E-state index contributed by atoms with van der Waals surface area (Å²) in [5.74, 6) is 0. The Morgan fingerprint density at radius 2 is 2.18 bits per heavy atom. The van der Waals surface area contributed by atoms with Crippen LogP contribution in [0.3, 0.4) is 0 Å². The second kappa shape index (κ2) is 6.38. The third-order valence-electron chi connectivity index (χ3n) is 1.74. The molecular formula is C9H20N2. The third kappa shape index (κ3) is 6.07. The molecule has 11 heavy (non-hydrogen) atoms. The molecule has 1 N–H and O–H groups in total. The van der Waals surface area contributed by atoms with Gasteiger partial charge in [-0.1, -0.05) is 19.1 Å². The Labute approximate surface area is 70.3 Å². The summed E-state index contributed by atoms with van der Waals surface area (Å²) >= 11 is 0. The quantitative estimate of drug-likeness (QED) is 0.579. The van der Waals surface area contributed by atoms with Crippen LogP contribution in [-0.4, -0.2) is 38.6 Å². The molecular weight excluding hydrogens is 136 g/mol. The molecule has 0 atom stereocenters. The maximum atomic E-state index is 3.96. The van der Waals surface area contributed by atoms with E-state index >= 15 is 0 Å². The Balaban J connectivity index is 3.35. The van der Waals surface area contributed by atoms with Crippen molar-refractivity contribution in [2.45, 2.75) is 13.3 Å². The van der Waals surface area contributed by atoms with Gasteiger partial charge in [0, 0.05) is 19.6 Å². The summed E-state index contributed by atoms with van der Waals surface area (Å²) in [6.07, 6.45) is 1.09. The first-order chi connectivity index (χ1) is 5.20. The first kappa shape index (κ1) is 10.7. The highest BCUT2D eigenvalue weighted by molar-refractivity contribution is 4.95. The van der Waals surface area contributed by atoms with Crippen molar-refractivity contribution in [3.63, 3.8) is 0 Å². The van der Waals surface area contributed by atoms with Gasteiger partial charge in [0.25, 0.3) is 0 Å². The maximum absolute atomic E-state index is 3.96. The molecule has 0 aliphatic carbocycles. The number of nitrogens with one attached hydrogen (secondary N) is 1. The molecule has 0 saturated heterocycles. The van der Waals surface area contributed by atoms with Crippen LogP contribution < -0.4 is 5.32 Å². The fourth-order valence-corrected chi connectivity index (χ4v) is 0.875. The molecule has 0 aliphatic rings. The van der Waals surface area contributed by atoms with Crippen molar-refractivity contribution in [3.05, 3.63) is 12.2 Å². The van der Waals surface area contributed by atoms with E-state index in [1.54, 1.807) is 0 Å². The molecule has 2 heteroatoms. The van der Waals surface area contributed by atoms with Gasteiger partial charge >= 0.3 is 0 Å². The molecule has 0 aliphatic heterocycles. The summed E-state index contributed by atoms with van der Waals surface area (Å²) in [6.45, 7) is 9.27. The van der Waals surface area contributed by atoms with Gasteiger partial charge in [-0.25, -0.2) is 0 Å². The number of hydrogen-bond acceptors (Lipinski definition) is 2. The summed E-state index contributed by atoms with van der Waals surface area (Å²) in [4.78, 5) is 2.28. The third-order valence-corrected chi connectivity index (χ3v) is 1.74. The standard InChI is InChI=1S/C9H20N2/c1-5-9(2)8-11(4)7-6-10-3/h10H,2,5-8H2,1,3-4H3. The minimum Gasteiger partial charge on any atom is -0.318 e. The highest BCUT2D eigenvalue weighted by atomic mass is 15.1. The number of nitrogens with zero attached hydrogens (tertiary/aromatic N) is 1. The van der Waals surface area contributed by atoms with Crippen LogP contribution >= 0.6 is 0 Å². The number of hydrogen-bond donors (Lipinski definition) is 1. The second-order valence-electron chi connectivity index (χ2n) is 2.94. The average Bonchev–Trinajstić information content (AvgIpc) is 2.00. The van der Waals surface area contributed by atoms with Crippen molar-refractivity contribution in [1.29, 1.82) is 0 Å². The van der Waals surface area contributed by atoms with Crippen LogP contribution in [0.25, 0.3) is 0 Å². The Bertz CT molecular complexity index is 110. The predicted octanol–water partition coefficient (Wildman–Crippen LogP) is 1.10. The molecule has 0 aromatic rings. The summed E-state index contributed by atoms with van der Waals surface area (Å²) < 4.78 is 0. The lowest BCUT2D eigenvalue weighted by Gasteiger charge is -2.16. The summed E-state index contributed by atoms with van der Waals surface area (Å²) in [5.41, 5.74) is 1.31. The lowest BCUT2D eigenvalue weighted by Crippen LogP contribution is -2.28. The normalized spacial score (nSPS) is 10.5. The van der Waals surface area contributed by atoms with E-state index in [1.807, 2.05) is 7.05 Å².